The zero-order chi connectivity index (χ0) is 22.2. The Labute approximate surface area is 192 Å². The van der Waals surface area contributed by atoms with Gasteiger partial charge >= 0.3 is 8.32 Å². The zero-order valence-electron chi connectivity index (χ0n) is 19.1. The molecule has 5 rings (SSSR count). The van der Waals surface area contributed by atoms with Gasteiger partial charge in [-0.3, -0.25) is 0 Å². The van der Waals surface area contributed by atoms with E-state index in [4.69, 9.17) is 4.43 Å². The lowest BCUT2D eigenvalue weighted by molar-refractivity contribution is 0.507. The average Bonchev–Trinajstić information content (AvgIpc) is 3.48. The fraction of sp³-hybridized carbons (Fsp3) is 0.200. The molecule has 0 saturated heterocycles. The molecule has 2 aliphatic rings. The number of rotatable bonds is 5. The first-order chi connectivity index (χ1) is 15.5. The van der Waals surface area contributed by atoms with Crippen LogP contribution < -0.4 is 14.8 Å². The number of allylic oxidation sites excluding steroid dienone is 5. The summed E-state index contributed by atoms with van der Waals surface area (Å²) in [5.41, 5.74) is 3.97. The Bertz CT molecular complexity index is 1160. The molecule has 0 aromatic heterocycles. The molecule has 0 bridgehead atoms. The molecule has 0 radical (unpaired) electrons. The van der Waals surface area contributed by atoms with Crippen molar-refractivity contribution in [2.75, 3.05) is 0 Å². The highest BCUT2D eigenvalue weighted by molar-refractivity contribution is 7.00. The highest BCUT2D eigenvalue weighted by Crippen LogP contribution is 2.44. The first-order valence-corrected chi connectivity index (χ1v) is 13.4. The summed E-state index contributed by atoms with van der Waals surface area (Å²) in [7, 11) is -2.65. The van der Waals surface area contributed by atoms with Crippen LogP contribution in [0.25, 0.3) is 6.08 Å². The molecule has 2 aliphatic carbocycles. The monoisotopic (exact) mass is 434 g/mol. The highest BCUT2D eigenvalue weighted by atomic mass is 28.4. The molecule has 0 N–H and O–H groups in total. The van der Waals surface area contributed by atoms with Crippen molar-refractivity contribution < 1.29 is 4.43 Å². The van der Waals surface area contributed by atoms with Crippen molar-refractivity contribution in [3.8, 4) is 5.75 Å². The molecule has 0 spiro atoms. The van der Waals surface area contributed by atoms with Crippen molar-refractivity contribution in [3.63, 3.8) is 0 Å². The SMILES string of the molecule is CC(C)(C)[Si](Oc1cccc2c1C=CC2C1=CCC=C1)(c1ccccc1)c1ccccc1. The van der Waals surface area contributed by atoms with Crippen molar-refractivity contribution >= 4 is 24.8 Å². The maximum absolute atomic E-state index is 7.34. The molecule has 0 amide bonds. The molecular formula is C30H30OSi. The van der Waals surface area contributed by atoms with Gasteiger partial charge in [0.1, 0.15) is 5.75 Å². The minimum Gasteiger partial charge on any atom is -0.534 e. The van der Waals surface area contributed by atoms with Gasteiger partial charge in [0.25, 0.3) is 0 Å². The third kappa shape index (κ3) is 3.39. The normalized spacial score (nSPS) is 17.3. The largest absolute Gasteiger partial charge is 0.534 e. The number of fused-ring (bicyclic) bond motifs is 1. The second kappa shape index (κ2) is 8.11. The van der Waals surface area contributed by atoms with Gasteiger partial charge < -0.3 is 4.43 Å². The van der Waals surface area contributed by atoms with Gasteiger partial charge in [-0.15, -0.1) is 0 Å². The van der Waals surface area contributed by atoms with Crippen LogP contribution >= 0.6 is 0 Å². The molecule has 0 heterocycles. The Morgan fingerprint density at radius 1 is 0.781 bits per heavy atom. The number of hydrogen-bond acceptors (Lipinski definition) is 1. The van der Waals surface area contributed by atoms with Crippen molar-refractivity contribution in [3.05, 3.63) is 120 Å². The molecular weight excluding hydrogens is 404 g/mol. The first kappa shape index (κ1) is 20.8. The molecule has 1 unspecified atom stereocenters. The summed E-state index contributed by atoms with van der Waals surface area (Å²) in [6.45, 7) is 6.99. The summed E-state index contributed by atoms with van der Waals surface area (Å²) in [5.74, 6) is 1.32. The lowest BCUT2D eigenvalue weighted by Gasteiger charge is -2.43. The summed E-state index contributed by atoms with van der Waals surface area (Å²) in [5, 5.41) is 2.55. The van der Waals surface area contributed by atoms with Gasteiger partial charge in [0.15, 0.2) is 0 Å². The predicted octanol–water partition coefficient (Wildman–Crippen LogP) is 6.62. The van der Waals surface area contributed by atoms with Crippen LogP contribution in [0.3, 0.4) is 0 Å². The van der Waals surface area contributed by atoms with E-state index in [0.717, 1.165) is 12.2 Å². The van der Waals surface area contributed by atoms with Crippen molar-refractivity contribution in [1.82, 2.24) is 0 Å². The van der Waals surface area contributed by atoms with Gasteiger partial charge in [0.2, 0.25) is 0 Å². The molecule has 32 heavy (non-hydrogen) atoms. The molecule has 2 heteroatoms. The van der Waals surface area contributed by atoms with Crippen LogP contribution in [0.5, 0.6) is 5.75 Å². The molecule has 1 atom stereocenters. The maximum atomic E-state index is 7.34. The summed E-state index contributed by atoms with van der Waals surface area (Å²) < 4.78 is 7.34. The molecule has 0 saturated carbocycles. The summed E-state index contributed by atoms with van der Waals surface area (Å²) in [6.07, 6.45) is 12.5. The van der Waals surface area contributed by atoms with E-state index in [9.17, 15) is 0 Å². The van der Waals surface area contributed by atoms with Gasteiger partial charge in [-0.25, -0.2) is 0 Å². The summed E-state index contributed by atoms with van der Waals surface area (Å²) >= 11 is 0. The van der Waals surface area contributed by atoms with Gasteiger partial charge in [-0.1, -0.05) is 124 Å². The molecule has 3 aromatic rings. The standard InChI is InChI=1S/C30H30OSi/c1-30(2,3)32(24-15-6-4-7-16-24,25-17-8-5-9-18-25)31-29-20-12-19-27-26(21-22-28(27)29)23-13-10-11-14-23/h4-10,12-22,26H,11H2,1-3H3. The Hall–Kier alpha value is -3.10. The van der Waals surface area contributed by atoms with Gasteiger partial charge in [-0.2, -0.15) is 0 Å². The van der Waals surface area contributed by atoms with E-state index in [2.05, 4.69) is 130 Å². The Morgan fingerprint density at radius 3 is 2.00 bits per heavy atom. The van der Waals surface area contributed by atoms with E-state index in [-0.39, 0.29) is 5.04 Å². The Kier molecular flexibility index (Phi) is 5.26. The smallest absolute Gasteiger partial charge is 0.319 e. The minimum absolute atomic E-state index is 0.0587. The fourth-order valence-corrected chi connectivity index (χ4v) is 9.65. The van der Waals surface area contributed by atoms with Crippen molar-refractivity contribution in [2.45, 2.75) is 38.1 Å². The van der Waals surface area contributed by atoms with Crippen LogP contribution in [0.1, 0.15) is 44.2 Å². The van der Waals surface area contributed by atoms with Crippen LogP contribution in [0.2, 0.25) is 5.04 Å². The molecule has 0 aliphatic heterocycles. The first-order valence-electron chi connectivity index (χ1n) is 11.5. The van der Waals surface area contributed by atoms with Gasteiger partial charge in [0, 0.05) is 11.5 Å². The summed E-state index contributed by atoms with van der Waals surface area (Å²) in [6, 6.07) is 28.3. The van der Waals surface area contributed by atoms with Crippen LogP contribution in [0.4, 0.5) is 0 Å². The van der Waals surface area contributed by atoms with E-state index in [1.165, 1.54) is 27.1 Å². The van der Waals surface area contributed by atoms with E-state index in [0.29, 0.717) is 5.92 Å². The van der Waals surface area contributed by atoms with Crippen LogP contribution in [-0.4, -0.2) is 8.32 Å². The number of benzene rings is 3. The van der Waals surface area contributed by atoms with E-state index in [1.807, 2.05) is 0 Å². The third-order valence-corrected chi connectivity index (χ3v) is 11.7. The van der Waals surface area contributed by atoms with Crippen molar-refractivity contribution in [1.29, 1.82) is 0 Å². The van der Waals surface area contributed by atoms with E-state index >= 15 is 0 Å². The van der Waals surface area contributed by atoms with Crippen LogP contribution in [-0.2, 0) is 0 Å². The number of hydrogen-bond donors (Lipinski definition) is 0. The molecule has 160 valence electrons. The second-order valence-electron chi connectivity index (χ2n) is 9.70. The minimum atomic E-state index is -2.65. The van der Waals surface area contributed by atoms with Gasteiger partial charge in [0.05, 0.1) is 0 Å². The fourth-order valence-electron chi connectivity index (χ4n) is 5.21. The molecule has 3 aromatic carbocycles. The van der Waals surface area contributed by atoms with Crippen LogP contribution in [0, 0.1) is 0 Å². The third-order valence-electron chi connectivity index (χ3n) is 6.73. The van der Waals surface area contributed by atoms with E-state index in [1.54, 1.807) is 0 Å². The quantitative estimate of drug-likeness (QED) is 0.410. The lowest BCUT2D eigenvalue weighted by atomic mass is 9.93. The van der Waals surface area contributed by atoms with Crippen LogP contribution in [0.15, 0.2) is 109 Å². The zero-order valence-corrected chi connectivity index (χ0v) is 20.1. The Balaban J connectivity index is 1.67. The predicted molar refractivity (Wildman–Crippen MR) is 138 cm³/mol. The lowest BCUT2D eigenvalue weighted by Crippen LogP contribution is -2.68. The molecule has 0 fully saturated rings. The average molecular weight is 435 g/mol. The maximum Gasteiger partial charge on any atom is 0.319 e. The molecule has 1 nitrogen and oxygen atoms in total. The topological polar surface area (TPSA) is 9.23 Å². The highest BCUT2D eigenvalue weighted by Gasteiger charge is 2.52. The Morgan fingerprint density at radius 2 is 1.44 bits per heavy atom. The van der Waals surface area contributed by atoms with Crippen molar-refractivity contribution in [2.24, 2.45) is 0 Å². The second-order valence-corrected chi connectivity index (χ2v) is 13.9. The summed E-state index contributed by atoms with van der Waals surface area (Å²) in [4.78, 5) is 0. The van der Waals surface area contributed by atoms with E-state index < -0.39 is 8.32 Å². The van der Waals surface area contributed by atoms with Gasteiger partial charge in [-0.05, 0) is 39.0 Å².